The second kappa shape index (κ2) is 9.00. The molecule has 0 saturated heterocycles. The standard InChI is InChI=1S/C19H20N2O5S/c1-3-26-19(23)14-13-18(22)20-15-9-11-17(12-10-15)27(24,25)21(2)16-7-5-4-6-8-16/h4-14H,3H2,1-2H3,(H,20,22). The number of carbonyl (C=O) groups is 2. The maximum Gasteiger partial charge on any atom is 0.330 e. The van der Waals surface area contributed by atoms with Crippen LogP contribution in [-0.2, 0) is 24.3 Å². The fraction of sp³-hybridized carbons (Fsp3) is 0.158. The van der Waals surface area contributed by atoms with Gasteiger partial charge in [0.1, 0.15) is 0 Å². The second-order valence-corrected chi connectivity index (χ2v) is 7.38. The van der Waals surface area contributed by atoms with Crippen LogP contribution in [0.5, 0.6) is 0 Å². The summed E-state index contributed by atoms with van der Waals surface area (Å²) in [6.45, 7) is 1.88. The molecule has 0 saturated carbocycles. The second-order valence-electron chi connectivity index (χ2n) is 5.41. The maximum absolute atomic E-state index is 12.7. The van der Waals surface area contributed by atoms with Gasteiger partial charge in [-0.1, -0.05) is 18.2 Å². The highest BCUT2D eigenvalue weighted by molar-refractivity contribution is 7.92. The number of sulfonamides is 1. The number of esters is 1. The Morgan fingerprint density at radius 2 is 1.67 bits per heavy atom. The van der Waals surface area contributed by atoms with Gasteiger partial charge >= 0.3 is 5.97 Å². The highest BCUT2D eigenvalue weighted by Crippen LogP contribution is 2.22. The first-order valence-electron chi connectivity index (χ1n) is 8.14. The van der Waals surface area contributed by atoms with E-state index in [1.807, 2.05) is 0 Å². The minimum Gasteiger partial charge on any atom is -0.463 e. The summed E-state index contributed by atoms with van der Waals surface area (Å²) in [5, 5.41) is 2.54. The molecule has 0 unspecified atom stereocenters. The number of rotatable bonds is 7. The summed E-state index contributed by atoms with van der Waals surface area (Å²) in [5.74, 6) is -1.14. The van der Waals surface area contributed by atoms with Crippen molar-refractivity contribution in [3.63, 3.8) is 0 Å². The summed E-state index contributed by atoms with van der Waals surface area (Å²) in [4.78, 5) is 23.0. The predicted octanol–water partition coefficient (Wildman–Crippen LogP) is 2.57. The topological polar surface area (TPSA) is 92.8 Å². The highest BCUT2D eigenvalue weighted by Gasteiger charge is 2.21. The van der Waals surface area contributed by atoms with Gasteiger partial charge < -0.3 is 10.1 Å². The van der Waals surface area contributed by atoms with E-state index < -0.39 is 21.9 Å². The molecule has 0 atom stereocenters. The Kier molecular flexibility index (Phi) is 6.73. The van der Waals surface area contributed by atoms with Crippen molar-refractivity contribution in [1.82, 2.24) is 0 Å². The van der Waals surface area contributed by atoms with Crippen LogP contribution in [0, 0.1) is 0 Å². The number of carbonyl (C=O) groups excluding carboxylic acids is 2. The quantitative estimate of drug-likeness (QED) is 0.581. The normalized spacial score (nSPS) is 11.2. The molecule has 0 radical (unpaired) electrons. The van der Waals surface area contributed by atoms with Crippen molar-refractivity contribution in [3.05, 3.63) is 66.7 Å². The van der Waals surface area contributed by atoms with Crippen molar-refractivity contribution < 1.29 is 22.7 Å². The van der Waals surface area contributed by atoms with E-state index in [1.54, 1.807) is 37.3 Å². The van der Waals surface area contributed by atoms with Crippen molar-refractivity contribution in [3.8, 4) is 0 Å². The first-order valence-corrected chi connectivity index (χ1v) is 9.58. The molecule has 0 spiro atoms. The summed E-state index contributed by atoms with van der Waals surface area (Å²) in [6, 6.07) is 14.5. The molecule has 27 heavy (non-hydrogen) atoms. The van der Waals surface area contributed by atoms with Crippen molar-refractivity contribution in [2.24, 2.45) is 0 Å². The van der Waals surface area contributed by atoms with Gasteiger partial charge in [-0.3, -0.25) is 9.10 Å². The van der Waals surface area contributed by atoms with Crippen LogP contribution in [-0.4, -0.2) is 33.9 Å². The van der Waals surface area contributed by atoms with Crippen LogP contribution < -0.4 is 9.62 Å². The van der Waals surface area contributed by atoms with Gasteiger partial charge in [0.15, 0.2) is 0 Å². The average Bonchev–Trinajstić information content (AvgIpc) is 2.67. The summed E-state index contributed by atoms with van der Waals surface area (Å²) >= 11 is 0. The van der Waals surface area contributed by atoms with E-state index in [0.717, 1.165) is 12.2 Å². The zero-order chi connectivity index (χ0) is 19.9. The van der Waals surface area contributed by atoms with E-state index in [4.69, 9.17) is 0 Å². The van der Waals surface area contributed by atoms with Gasteiger partial charge in [-0.05, 0) is 43.3 Å². The van der Waals surface area contributed by atoms with E-state index in [0.29, 0.717) is 11.4 Å². The Morgan fingerprint density at radius 1 is 1.04 bits per heavy atom. The Bertz CT molecular complexity index is 922. The van der Waals surface area contributed by atoms with E-state index in [2.05, 4.69) is 10.1 Å². The molecule has 2 aromatic carbocycles. The van der Waals surface area contributed by atoms with Crippen LogP contribution in [0.25, 0.3) is 0 Å². The number of ether oxygens (including phenoxy) is 1. The van der Waals surface area contributed by atoms with E-state index in [-0.39, 0.29) is 11.5 Å². The van der Waals surface area contributed by atoms with Crippen LogP contribution in [0.3, 0.4) is 0 Å². The molecule has 0 bridgehead atoms. The largest absolute Gasteiger partial charge is 0.463 e. The van der Waals surface area contributed by atoms with Crippen molar-refractivity contribution in [2.75, 3.05) is 23.3 Å². The van der Waals surface area contributed by atoms with Crippen molar-refractivity contribution in [2.45, 2.75) is 11.8 Å². The molecule has 0 aromatic heterocycles. The monoisotopic (exact) mass is 388 g/mol. The van der Waals surface area contributed by atoms with Crippen molar-refractivity contribution >= 4 is 33.3 Å². The van der Waals surface area contributed by atoms with Crippen LogP contribution in [0.1, 0.15) is 6.92 Å². The lowest BCUT2D eigenvalue weighted by Gasteiger charge is -2.19. The number of nitrogens with one attached hydrogen (secondary N) is 1. The van der Waals surface area contributed by atoms with Crippen LogP contribution in [0.15, 0.2) is 71.6 Å². The molecular formula is C19H20N2O5S. The molecule has 2 rings (SSSR count). The van der Waals surface area contributed by atoms with Crippen molar-refractivity contribution in [1.29, 1.82) is 0 Å². The minimum atomic E-state index is -3.72. The maximum atomic E-state index is 12.7. The summed E-state index contributed by atoms with van der Waals surface area (Å²) in [6.07, 6.45) is 2.07. The lowest BCUT2D eigenvalue weighted by atomic mass is 10.3. The summed E-state index contributed by atoms with van der Waals surface area (Å²) < 4.78 is 31.2. The first-order chi connectivity index (χ1) is 12.8. The number of benzene rings is 2. The lowest BCUT2D eigenvalue weighted by molar-refractivity contribution is -0.137. The number of amides is 1. The zero-order valence-electron chi connectivity index (χ0n) is 15.0. The number of anilines is 2. The minimum absolute atomic E-state index is 0.0916. The molecule has 0 aliphatic heterocycles. The highest BCUT2D eigenvalue weighted by atomic mass is 32.2. The third-order valence-corrected chi connectivity index (χ3v) is 5.36. The molecular weight excluding hydrogens is 368 g/mol. The first kappa shape index (κ1) is 20.2. The van der Waals surface area contributed by atoms with Gasteiger partial charge in [-0.2, -0.15) is 0 Å². The van der Waals surface area contributed by atoms with Gasteiger partial charge in [0, 0.05) is 24.9 Å². The van der Waals surface area contributed by atoms with Gasteiger partial charge in [0.2, 0.25) is 5.91 Å². The lowest BCUT2D eigenvalue weighted by Crippen LogP contribution is -2.26. The SMILES string of the molecule is CCOC(=O)C=CC(=O)Nc1ccc(S(=O)(=O)N(C)c2ccccc2)cc1. The molecule has 1 amide bonds. The van der Waals surface area contributed by atoms with Gasteiger partial charge in [-0.25, -0.2) is 13.2 Å². The van der Waals surface area contributed by atoms with E-state index in [1.165, 1.54) is 35.6 Å². The Morgan fingerprint density at radius 3 is 2.26 bits per heavy atom. The Balaban J connectivity index is 2.08. The third kappa shape index (κ3) is 5.42. The molecule has 0 fully saturated rings. The number of para-hydroxylation sites is 1. The van der Waals surface area contributed by atoms with Gasteiger partial charge in [-0.15, -0.1) is 0 Å². The smallest absolute Gasteiger partial charge is 0.330 e. The molecule has 0 heterocycles. The van der Waals surface area contributed by atoms with E-state index in [9.17, 15) is 18.0 Å². The van der Waals surface area contributed by atoms with Crippen LogP contribution >= 0.6 is 0 Å². The third-order valence-electron chi connectivity index (χ3n) is 3.56. The Hall–Kier alpha value is -3.13. The molecule has 0 aliphatic carbocycles. The summed E-state index contributed by atoms with van der Waals surface area (Å²) in [7, 11) is -2.25. The number of hydrogen-bond acceptors (Lipinski definition) is 5. The molecule has 1 N–H and O–H groups in total. The molecule has 0 aliphatic rings. The van der Waals surface area contributed by atoms with Gasteiger partial charge in [0.25, 0.3) is 10.0 Å². The Labute approximate surface area is 158 Å². The fourth-order valence-electron chi connectivity index (χ4n) is 2.16. The molecule has 8 heteroatoms. The molecule has 7 nitrogen and oxygen atoms in total. The zero-order valence-corrected chi connectivity index (χ0v) is 15.8. The predicted molar refractivity (Wildman–Crippen MR) is 103 cm³/mol. The van der Waals surface area contributed by atoms with Crippen LogP contribution in [0.4, 0.5) is 11.4 Å². The van der Waals surface area contributed by atoms with E-state index >= 15 is 0 Å². The number of hydrogen-bond donors (Lipinski definition) is 1. The fourth-order valence-corrected chi connectivity index (χ4v) is 3.36. The van der Waals surface area contributed by atoms with Crippen LogP contribution in [0.2, 0.25) is 0 Å². The average molecular weight is 388 g/mol. The van der Waals surface area contributed by atoms with Gasteiger partial charge in [0.05, 0.1) is 17.2 Å². The molecule has 2 aromatic rings. The number of nitrogens with zero attached hydrogens (tertiary/aromatic N) is 1. The molecule has 142 valence electrons. The summed E-state index contributed by atoms with van der Waals surface area (Å²) in [5.41, 5.74) is 0.939.